The maximum Gasteiger partial charge on any atom is 0.278 e. The number of nitrogens with two attached hydrogens (primary N) is 1. The highest BCUT2D eigenvalue weighted by Gasteiger charge is 2.32. The second kappa shape index (κ2) is 12.2. The molecule has 0 bridgehead atoms. The molecule has 204 valence electrons. The van der Waals surface area contributed by atoms with Crippen molar-refractivity contribution in [3.05, 3.63) is 113 Å². The number of primary amides is 1. The molecule has 10 heteroatoms. The van der Waals surface area contributed by atoms with Crippen molar-refractivity contribution in [1.82, 2.24) is 19.7 Å². The predicted octanol–water partition coefficient (Wildman–Crippen LogP) is 3.48. The van der Waals surface area contributed by atoms with Crippen LogP contribution >= 0.6 is 0 Å². The molecule has 2 aromatic heterocycles. The molecule has 0 saturated carbocycles. The molecule has 0 aliphatic carbocycles. The van der Waals surface area contributed by atoms with Crippen molar-refractivity contribution in [3.8, 4) is 12.1 Å². The Balaban J connectivity index is 1.34. The minimum Gasteiger partial charge on any atom is -0.366 e. The Bertz CT molecular complexity index is 1610. The molecular weight excluding hydrogens is 516 g/mol. The summed E-state index contributed by atoms with van der Waals surface area (Å²) in [4.78, 5) is 33.6. The first-order valence-electron chi connectivity index (χ1n) is 13.3. The van der Waals surface area contributed by atoms with Gasteiger partial charge in [0.1, 0.15) is 5.69 Å². The lowest BCUT2D eigenvalue weighted by atomic mass is 10.0. The minimum absolute atomic E-state index is 0.101. The number of nitrogens with zero attached hydrogens (tertiary/aromatic N) is 7. The highest BCUT2D eigenvalue weighted by molar-refractivity contribution is 6.05. The first-order chi connectivity index (χ1) is 19.9. The summed E-state index contributed by atoms with van der Waals surface area (Å²) in [6, 6.07) is 23.9. The van der Waals surface area contributed by atoms with Gasteiger partial charge in [-0.1, -0.05) is 24.3 Å². The van der Waals surface area contributed by atoms with Gasteiger partial charge in [-0.15, -0.1) is 0 Å². The number of carbonyl (C=O) groups excluding carboxylic acids is 2. The van der Waals surface area contributed by atoms with Crippen molar-refractivity contribution in [2.75, 3.05) is 18.0 Å². The second-order valence-corrected chi connectivity index (χ2v) is 9.97. The fourth-order valence-corrected chi connectivity index (χ4v) is 4.96. The molecule has 3 heterocycles. The molecule has 0 unspecified atom stereocenters. The SMILES string of the molecule is N#Cc1ccc(CN2CCC(N(C(=O)c3ccc(C(N)=O)cn3)c3ccn(Cc4ccc(C#N)cc4)n3)CC2)cc1. The van der Waals surface area contributed by atoms with Crippen molar-refractivity contribution >= 4 is 17.6 Å². The molecule has 2 amide bonds. The minimum atomic E-state index is -0.607. The largest absolute Gasteiger partial charge is 0.366 e. The van der Waals surface area contributed by atoms with Gasteiger partial charge in [0.05, 0.1) is 35.4 Å². The maximum atomic E-state index is 13.8. The lowest BCUT2D eigenvalue weighted by molar-refractivity contribution is 0.0949. The van der Waals surface area contributed by atoms with Crippen LogP contribution in [-0.2, 0) is 13.1 Å². The smallest absolute Gasteiger partial charge is 0.278 e. The molecule has 1 saturated heterocycles. The van der Waals surface area contributed by atoms with Crippen LogP contribution in [0.25, 0.3) is 0 Å². The molecule has 41 heavy (non-hydrogen) atoms. The van der Waals surface area contributed by atoms with Gasteiger partial charge >= 0.3 is 0 Å². The predicted molar refractivity (Wildman–Crippen MR) is 152 cm³/mol. The topological polar surface area (TPSA) is 145 Å². The van der Waals surface area contributed by atoms with Crippen molar-refractivity contribution in [2.24, 2.45) is 5.73 Å². The van der Waals surface area contributed by atoms with Crippen molar-refractivity contribution < 1.29 is 9.59 Å². The van der Waals surface area contributed by atoms with E-state index in [1.807, 2.05) is 48.7 Å². The summed E-state index contributed by atoms with van der Waals surface area (Å²) in [5, 5.41) is 22.8. The van der Waals surface area contributed by atoms with Gasteiger partial charge in [0.25, 0.3) is 5.91 Å². The average molecular weight is 545 g/mol. The number of likely N-dealkylation sites (tertiary alicyclic amines) is 1. The highest BCUT2D eigenvalue weighted by atomic mass is 16.2. The van der Waals surface area contributed by atoms with Crippen LogP contribution in [0.4, 0.5) is 5.82 Å². The Hall–Kier alpha value is -5.32. The van der Waals surface area contributed by atoms with E-state index in [-0.39, 0.29) is 23.2 Å². The van der Waals surface area contributed by atoms with Gasteiger partial charge in [-0.3, -0.25) is 29.1 Å². The second-order valence-electron chi connectivity index (χ2n) is 9.97. The number of hydrogen-bond donors (Lipinski definition) is 1. The Kier molecular flexibility index (Phi) is 8.14. The standard InChI is InChI=1S/C31H28N8O2/c32-17-22-1-5-24(6-2-22)20-37-14-11-27(12-15-37)39(31(41)28-10-9-26(19-35-28)30(34)40)29-13-16-38(36-29)21-25-7-3-23(18-33)4-8-25/h1-10,13,16,19,27H,11-12,14-15,20-21H2,(H2,34,40). The molecule has 0 spiro atoms. The first-order valence-corrected chi connectivity index (χ1v) is 13.3. The van der Waals surface area contributed by atoms with E-state index in [4.69, 9.17) is 21.4 Å². The number of piperidine rings is 1. The molecule has 1 fully saturated rings. The number of hydrogen-bond acceptors (Lipinski definition) is 7. The summed E-state index contributed by atoms with van der Waals surface area (Å²) >= 11 is 0. The number of benzene rings is 2. The van der Waals surface area contributed by atoms with E-state index < -0.39 is 5.91 Å². The average Bonchev–Trinajstić information content (AvgIpc) is 3.46. The summed E-state index contributed by atoms with van der Waals surface area (Å²) in [6.45, 7) is 2.83. The Morgan fingerprint density at radius 1 is 0.878 bits per heavy atom. The maximum absolute atomic E-state index is 13.8. The monoisotopic (exact) mass is 544 g/mol. The van der Waals surface area contributed by atoms with E-state index >= 15 is 0 Å². The van der Waals surface area contributed by atoms with E-state index in [0.29, 0.717) is 23.5 Å². The van der Waals surface area contributed by atoms with Gasteiger partial charge < -0.3 is 5.73 Å². The van der Waals surface area contributed by atoms with Gasteiger partial charge in [0.2, 0.25) is 5.91 Å². The number of carbonyl (C=O) groups is 2. The zero-order valence-electron chi connectivity index (χ0n) is 22.3. The van der Waals surface area contributed by atoms with Gasteiger partial charge in [-0.25, -0.2) is 0 Å². The Morgan fingerprint density at radius 2 is 1.49 bits per heavy atom. The Labute approximate surface area is 237 Å². The molecule has 1 aliphatic rings. The third-order valence-electron chi connectivity index (χ3n) is 7.20. The van der Waals surface area contributed by atoms with Crippen LogP contribution < -0.4 is 10.6 Å². The summed E-state index contributed by atoms with van der Waals surface area (Å²) in [5.41, 5.74) is 9.13. The molecule has 0 atom stereocenters. The number of anilines is 1. The number of amides is 2. The molecule has 2 aromatic carbocycles. The summed E-state index contributed by atoms with van der Waals surface area (Å²) in [5.74, 6) is -0.380. The van der Waals surface area contributed by atoms with Gasteiger partial charge in [0.15, 0.2) is 5.82 Å². The van der Waals surface area contributed by atoms with Crippen molar-refractivity contribution in [2.45, 2.75) is 32.0 Å². The Morgan fingerprint density at radius 3 is 2.02 bits per heavy atom. The molecule has 1 aliphatic heterocycles. The van der Waals surface area contributed by atoms with Gasteiger partial charge in [0, 0.05) is 44.1 Å². The van der Waals surface area contributed by atoms with Crippen LogP contribution in [0.3, 0.4) is 0 Å². The zero-order chi connectivity index (χ0) is 28.8. The van der Waals surface area contributed by atoms with Crippen LogP contribution in [-0.4, -0.2) is 50.6 Å². The lowest BCUT2D eigenvalue weighted by Gasteiger charge is -2.37. The van der Waals surface area contributed by atoms with Crippen molar-refractivity contribution in [1.29, 1.82) is 10.5 Å². The molecule has 10 nitrogen and oxygen atoms in total. The summed E-state index contributed by atoms with van der Waals surface area (Å²) in [7, 11) is 0. The fourth-order valence-electron chi connectivity index (χ4n) is 4.96. The highest BCUT2D eigenvalue weighted by Crippen LogP contribution is 2.26. The number of pyridine rings is 1. The molecule has 2 N–H and O–H groups in total. The van der Waals surface area contributed by atoms with Crippen LogP contribution in [0, 0.1) is 22.7 Å². The number of nitriles is 2. The quantitative estimate of drug-likeness (QED) is 0.357. The molecule has 5 rings (SSSR count). The molecular formula is C31H28N8O2. The van der Waals surface area contributed by atoms with Crippen LogP contribution in [0.5, 0.6) is 0 Å². The summed E-state index contributed by atoms with van der Waals surface area (Å²) < 4.78 is 1.76. The fraction of sp³-hybridized carbons (Fsp3) is 0.226. The third-order valence-corrected chi connectivity index (χ3v) is 7.20. The third kappa shape index (κ3) is 6.47. The summed E-state index contributed by atoms with van der Waals surface area (Å²) in [6.07, 6.45) is 4.63. The van der Waals surface area contributed by atoms with Crippen molar-refractivity contribution in [3.63, 3.8) is 0 Å². The normalized spacial score (nSPS) is 13.7. The first kappa shape index (κ1) is 27.3. The van der Waals surface area contributed by atoms with Crippen LogP contribution in [0.15, 0.2) is 79.1 Å². The van der Waals surface area contributed by atoms with E-state index in [1.165, 1.54) is 18.3 Å². The van der Waals surface area contributed by atoms with Crippen LogP contribution in [0.2, 0.25) is 0 Å². The molecule has 0 radical (unpaired) electrons. The zero-order valence-corrected chi connectivity index (χ0v) is 22.3. The van der Waals surface area contributed by atoms with E-state index in [9.17, 15) is 9.59 Å². The number of rotatable bonds is 8. The van der Waals surface area contributed by atoms with E-state index in [2.05, 4.69) is 22.0 Å². The van der Waals surface area contributed by atoms with E-state index in [1.54, 1.807) is 21.7 Å². The van der Waals surface area contributed by atoms with Crippen LogP contribution in [0.1, 0.15) is 55.9 Å². The number of aromatic nitrogens is 3. The lowest BCUT2D eigenvalue weighted by Crippen LogP contribution is -2.48. The van der Waals surface area contributed by atoms with Gasteiger partial charge in [-0.2, -0.15) is 15.6 Å². The van der Waals surface area contributed by atoms with E-state index in [0.717, 1.165) is 43.6 Å². The van der Waals surface area contributed by atoms with Gasteiger partial charge in [-0.05, 0) is 60.4 Å². The molecule has 4 aromatic rings.